The van der Waals surface area contributed by atoms with Gasteiger partial charge in [-0.25, -0.2) is 0 Å². The minimum Gasteiger partial charge on any atom is -0.382 e. The number of piperidine rings is 1. The number of carbonyl (C=O) groups is 1. The number of hydrogen-bond donors (Lipinski definition) is 2. The SMILES string of the molecule is NC(=O)c1cc([N+](=O)[O-])ccc1NC1CCN(CC2CCCCC2)CC1. The number of amides is 1. The van der Waals surface area contributed by atoms with Gasteiger partial charge in [0.25, 0.3) is 11.6 Å². The van der Waals surface area contributed by atoms with Gasteiger partial charge in [0.1, 0.15) is 0 Å². The van der Waals surface area contributed by atoms with E-state index in [9.17, 15) is 14.9 Å². The van der Waals surface area contributed by atoms with Crippen LogP contribution in [0.25, 0.3) is 0 Å². The van der Waals surface area contributed by atoms with E-state index in [1.807, 2.05) is 0 Å². The van der Waals surface area contributed by atoms with Crippen LogP contribution in [0.15, 0.2) is 18.2 Å². The molecule has 1 aromatic rings. The summed E-state index contributed by atoms with van der Waals surface area (Å²) in [5.74, 6) is 0.204. The summed E-state index contributed by atoms with van der Waals surface area (Å²) in [7, 11) is 0. The molecule has 142 valence electrons. The second-order valence-electron chi connectivity index (χ2n) is 7.57. The lowest BCUT2D eigenvalue weighted by atomic mass is 9.88. The summed E-state index contributed by atoms with van der Waals surface area (Å²) in [5.41, 5.74) is 6.06. The number of nitro groups is 1. The molecule has 1 amide bonds. The molecule has 3 N–H and O–H groups in total. The van der Waals surface area contributed by atoms with E-state index in [4.69, 9.17) is 5.73 Å². The molecule has 1 aliphatic carbocycles. The third-order valence-corrected chi connectivity index (χ3v) is 5.67. The molecule has 0 spiro atoms. The van der Waals surface area contributed by atoms with Crippen molar-refractivity contribution in [1.82, 2.24) is 4.90 Å². The highest BCUT2D eigenvalue weighted by Crippen LogP contribution is 2.27. The maximum absolute atomic E-state index is 11.7. The third-order valence-electron chi connectivity index (χ3n) is 5.67. The third kappa shape index (κ3) is 4.72. The van der Waals surface area contributed by atoms with E-state index in [0.717, 1.165) is 31.8 Å². The van der Waals surface area contributed by atoms with Crippen molar-refractivity contribution < 1.29 is 9.72 Å². The molecule has 26 heavy (non-hydrogen) atoms. The first-order valence-electron chi connectivity index (χ1n) is 9.60. The fourth-order valence-corrected chi connectivity index (χ4v) is 4.19. The lowest BCUT2D eigenvalue weighted by Crippen LogP contribution is -2.41. The van der Waals surface area contributed by atoms with Crippen molar-refractivity contribution in [2.45, 2.75) is 51.0 Å². The smallest absolute Gasteiger partial charge is 0.270 e. The van der Waals surface area contributed by atoms with Gasteiger partial charge in [0, 0.05) is 43.5 Å². The number of non-ortho nitro benzene ring substituents is 1. The lowest BCUT2D eigenvalue weighted by molar-refractivity contribution is -0.384. The number of benzene rings is 1. The van der Waals surface area contributed by atoms with E-state index in [0.29, 0.717) is 5.69 Å². The molecular formula is C19H28N4O3. The Balaban J connectivity index is 1.55. The van der Waals surface area contributed by atoms with E-state index in [2.05, 4.69) is 10.2 Å². The average Bonchev–Trinajstić information content (AvgIpc) is 2.64. The number of primary amides is 1. The van der Waals surface area contributed by atoms with Crippen LogP contribution in [-0.4, -0.2) is 41.4 Å². The van der Waals surface area contributed by atoms with E-state index in [1.165, 1.54) is 50.8 Å². The largest absolute Gasteiger partial charge is 0.382 e. The minimum absolute atomic E-state index is 0.119. The van der Waals surface area contributed by atoms with E-state index < -0.39 is 10.8 Å². The van der Waals surface area contributed by atoms with Crippen LogP contribution >= 0.6 is 0 Å². The van der Waals surface area contributed by atoms with Gasteiger partial charge in [0.15, 0.2) is 0 Å². The fourth-order valence-electron chi connectivity index (χ4n) is 4.19. The van der Waals surface area contributed by atoms with Crippen LogP contribution in [0.4, 0.5) is 11.4 Å². The zero-order chi connectivity index (χ0) is 18.5. The van der Waals surface area contributed by atoms with E-state index in [1.54, 1.807) is 6.07 Å². The quantitative estimate of drug-likeness (QED) is 0.599. The Labute approximate surface area is 154 Å². The van der Waals surface area contributed by atoms with Gasteiger partial charge in [-0.2, -0.15) is 0 Å². The number of nitrogens with zero attached hydrogens (tertiary/aromatic N) is 2. The van der Waals surface area contributed by atoms with Crippen LogP contribution in [-0.2, 0) is 0 Å². The number of likely N-dealkylation sites (tertiary alicyclic amines) is 1. The Bertz CT molecular complexity index is 650. The summed E-state index contributed by atoms with van der Waals surface area (Å²) in [5, 5.41) is 14.3. The molecule has 0 atom stereocenters. The number of nitro benzene ring substituents is 1. The zero-order valence-electron chi connectivity index (χ0n) is 15.2. The summed E-state index contributed by atoms with van der Waals surface area (Å²) >= 11 is 0. The van der Waals surface area contributed by atoms with Crippen molar-refractivity contribution in [2.75, 3.05) is 25.0 Å². The molecule has 2 fully saturated rings. The second-order valence-corrected chi connectivity index (χ2v) is 7.57. The standard InChI is InChI=1S/C19H28N4O3/c20-19(24)17-12-16(23(25)26)6-7-18(17)21-15-8-10-22(11-9-15)13-14-4-2-1-3-5-14/h6-7,12,14-15,21H,1-5,8-11,13H2,(H2,20,24). The van der Waals surface area contributed by atoms with E-state index >= 15 is 0 Å². The van der Waals surface area contributed by atoms with Gasteiger partial charge < -0.3 is 16.0 Å². The first-order chi connectivity index (χ1) is 12.5. The normalized spacial score (nSPS) is 20.0. The van der Waals surface area contributed by atoms with Crippen LogP contribution in [0.2, 0.25) is 0 Å². The number of nitrogens with two attached hydrogens (primary N) is 1. The van der Waals surface area contributed by atoms with Crippen LogP contribution in [0.5, 0.6) is 0 Å². The van der Waals surface area contributed by atoms with E-state index in [-0.39, 0.29) is 17.3 Å². The Morgan fingerprint density at radius 2 is 1.88 bits per heavy atom. The van der Waals surface area contributed by atoms with Crippen molar-refractivity contribution in [2.24, 2.45) is 11.7 Å². The Kier molecular flexibility index (Phi) is 6.08. The summed E-state index contributed by atoms with van der Waals surface area (Å²) in [6, 6.07) is 4.51. The van der Waals surface area contributed by atoms with Crippen molar-refractivity contribution >= 4 is 17.3 Å². The molecule has 1 saturated carbocycles. The molecule has 0 bridgehead atoms. The van der Waals surface area contributed by atoms with Crippen LogP contribution in [0, 0.1) is 16.0 Å². The highest BCUT2D eigenvalue weighted by atomic mass is 16.6. The second kappa shape index (κ2) is 8.49. The molecule has 1 heterocycles. The number of carbonyl (C=O) groups excluding carboxylic acids is 1. The molecular weight excluding hydrogens is 332 g/mol. The zero-order valence-corrected chi connectivity index (χ0v) is 15.2. The molecule has 0 unspecified atom stereocenters. The predicted molar refractivity (Wildman–Crippen MR) is 101 cm³/mol. The fraction of sp³-hybridized carbons (Fsp3) is 0.632. The van der Waals surface area contributed by atoms with Crippen LogP contribution in [0.3, 0.4) is 0 Å². The Hall–Kier alpha value is -2.15. The molecule has 1 aliphatic heterocycles. The number of nitrogens with one attached hydrogen (secondary N) is 1. The van der Waals surface area contributed by atoms with Crippen molar-refractivity contribution in [3.05, 3.63) is 33.9 Å². The molecule has 1 aromatic carbocycles. The van der Waals surface area contributed by atoms with Gasteiger partial charge >= 0.3 is 0 Å². The first kappa shape index (κ1) is 18.6. The molecule has 2 aliphatic rings. The monoisotopic (exact) mass is 360 g/mol. The van der Waals surface area contributed by atoms with Crippen molar-refractivity contribution in [3.63, 3.8) is 0 Å². The van der Waals surface area contributed by atoms with Crippen LogP contribution in [0.1, 0.15) is 55.3 Å². The topological polar surface area (TPSA) is 102 Å². The molecule has 1 saturated heterocycles. The maximum atomic E-state index is 11.7. The Morgan fingerprint density at radius 1 is 1.19 bits per heavy atom. The van der Waals surface area contributed by atoms with Gasteiger partial charge in [-0.05, 0) is 37.7 Å². The summed E-state index contributed by atoms with van der Waals surface area (Å²) in [6.07, 6.45) is 8.87. The van der Waals surface area contributed by atoms with Gasteiger partial charge in [0.2, 0.25) is 0 Å². The van der Waals surface area contributed by atoms with Gasteiger partial charge in [-0.1, -0.05) is 19.3 Å². The van der Waals surface area contributed by atoms with Crippen molar-refractivity contribution in [1.29, 1.82) is 0 Å². The molecule has 7 nitrogen and oxygen atoms in total. The van der Waals surface area contributed by atoms with Crippen LogP contribution < -0.4 is 11.1 Å². The highest BCUT2D eigenvalue weighted by Gasteiger charge is 2.24. The van der Waals surface area contributed by atoms with Gasteiger partial charge in [-0.3, -0.25) is 14.9 Å². The highest BCUT2D eigenvalue weighted by molar-refractivity contribution is 5.99. The molecule has 0 radical (unpaired) electrons. The van der Waals surface area contributed by atoms with Crippen molar-refractivity contribution in [3.8, 4) is 0 Å². The minimum atomic E-state index is -0.647. The molecule has 0 aromatic heterocycles. The number of anilines is 1. The average molecular weight is 360 g/mol. The maximum Gasteiger partial charge on any atom is 0.270 e. The Morgan fingerprint density at radius 3 is 2.50 bits per heavy atom. The first-order valence-corrected chi connectivity index (χ1v) is 9.60. The molecule has 7 heteroatoms. The lowest BCUT2D eigenvalue weighted by Gasteiger charge is -2.36. The number of hydrogen-bond acceptors (Lipinski definition) is 5. The van der Waals surface area contributed by atoms with Gasteiger partial charge in [0.05, 0.1) is 10.5 Å². The summed E-state index contributed by atoms with van der Waals surface area (Å²) < 4.78 is 0. The summed E-state index contributed by atoms with van der Waals surface area (Å²) in [6.45, 7) is 3.30. The number of rotatable bonds is 6. The summed E-state index contributed by atoms with van der Waals surface area (Å²) in [4.78, 5) is 24.6. The van der Waals surface area contributed by atoms with Gasteiger partial charge in [-0.15, -0.1) is 0 Å². The predicted octanol–water partition coefficient (Wildman–Crippen LogP) is 3.15. The molecule has 3 rings (SSSR count).